The number of hydrogen-bond donors (Lipinski definition) is 2. The molecule has 7 nitrogen and oxygen atoms in total. The van der Waals surface area contributed by atoms with Crippen molar-refractivity contribution in [2.45, 2.75) is 6.54 Å². The molecule has 82 valence electrons. The topological polar surface area (TPSA) is 107 Å². The van der Waals surface area contributed by atoms with Gasteiger partial charge in [-0.25, -0.2) is 4.98 Å². The Labute approximate surface area is 90.7 Å². The molecule has 0 spiro atoms. The minimum absolute atomic E-state index is 0.166. The van der Waals surface area contributed by atoms with Gasteiger partial charge in [0.2, 0.25) is 0 Å². The third-order valence-corrected chi connectivity index (χ3v) is 1.80. The molecule has 0 aromatic carbocycles. The van der Waals surface area contributed by atoms with Gasteiger partial charge < -0.3 is 15.6 Å². The van der Waals surface area contributed by atoms with Crippen molar-refractivity contribution in [2.75, 3.05) is 5.73 Å². The second kappa shape index (κ2) is 4.39. The summed E-state index contributed by atoms with van der Waals surface area (Å²) in [6, 6.07) is 1.66. The number of carbonyl (C=O) groups is 1. The highest BCUT2D eigenvalue weighted by molar-refractivity contribution is 5.92. The number of amides is 1. The second-order valence-corrected chi connectivity index (χ2v) is 2.99. The first-order valence-corrected chi connectivity index (χ1v) is 4.51. The van der Waals surface area contributed by atoms with E-state index in [1.165, 1.54) is 18.6 Å². The van der Waals surface area contributed by atoms with Gasteiger partial charge in [-0.1, -0.05) is 5.16 Å². The molecule has 2 heterocycles. The van der Waals surface area contributed by atoms with Crippen molar-refractivity contribution < 1.29 is 9.32 Å². The highest BCUT2D eigenvalue weighted by atomic mass is 16.5. The van der Waals surface area contributed by atoms with E-state index in [1.807, 2.05) is 0 Å². The van der Waals surface area contributed by atoms with E-state index in [0.717, 1.165) is 0 Å². The van der Waals surface area contributed by atoms with Gasteiger partial charge in [0.05, 0.1) is 25.1 Å². The van der Waals surface area contributed by atoms with Gasteiger partial charge >= 0.3 is 0 Å². The Bertz CT molecular complexity index is 482. The van der Waals surface area contributed by atoms with Crippen LogP contribution in [0, 0.1) is 0 Å². The van der Waals surface area contributed by atoms with Gasteiger partial charge in [0.15, 0.2) is 5.76 Å². The van der Waals surface area contributed by atoms with Crippen molar-refractivity contribution in [1.29, 1.82) is 0 Å². The molecule has 0 aliphatic heterocycles. The summed E-state index contributed by atoms with van der Waals surface area (Å²) in [4.78, 5) is 19.2. The Balaban J connectivity index is 1.98. The van der Waals surface area contributed by atoms with E-state index < -0.39 is 0 Å². The van der Waals surface area contributed by atoms with Crippen LogP contribution in [0.2, 0.25) is 0 Å². The standard InChI is InChI=1S/C9H9N5O2/c10-8-5-11-4-7(14-8)9(15)12-3-6-1-2-13-16-6/h1-2,4-5H,3H2,(H2,10,14)(H,12,15). The van der Waals surface area contributed by atoms with E-state index in [9.17, 15) is 4.79 Å². The van der Waals surface area contributed by atoms with E-state index >= 15 is 0 Å². The Morgan fingerprint density at radius 1 is 1.50 bits per heavy atom. The van der Waals surface area contributed by atoms with Crippen LogP contribution >= 0.6 is 0 Å². The summed E-state index contributed by atoms with van der Waals surface area (Å²) in [6.07, 6.45) is 4.21. The van der Waals surface area contributed by atoms with Gasteiger partial charge in [0.1, 0.15) is 11.5 Å². The van der Waals surface area contributed by atoms with Gasteiger partial charge in [0.25, 0.3) is 5.91 Å². The minimum atomic E-state index is -0.365. The molecule has 7 heteroatoms. The van der Waals surface area contributed by atoms with Gasteiger partial charge in [0, 0.05) is 6.07 Å². The number of rotatable bonds is 3. The van der Waals surface area contributed by atoms with Crippen LogP contribution in [0.1, 0.15) is 16.2 Å². The van der Waals surface area contributed by atoms with E-state index in [1.54, 1.807) is 6.07 Å². The van der Waals surface area contributed by atoms with Gasteiger partial charge in [-0.15, -0.1) is 0 Å². The molecule has 1 amide bonds. The van der Waals surface area contributed by atoms with Crippen LogP contribution in [0.5, 0.6) is 0 Å². The molecular weight excluding hydrogens is 210 g/mol. The first kappa shape index (κ1) is 10.1. The monoisotopic (exact) mass is 219 g/mol. The molecule has 3 N–H and O–H groups in total. The number of anilines is 1. The molecule has 0 aliphatic rings. The Morgan fingerprint density at radius 3 is 3.06 bits per heavy atom. The molecule has 0 saturated carbocycles. The predicted molar refractivity (Wildman–Crippen MR) is 54.1 cm³/mol. The minimum Gasteiger partial charge on any atom is -0.382 e. The first-order valence-electron chi connectivity index (χ1n) is 4.51. The van der Waals surface area contributed by atoms with Crippen molar-refractivity contribution in [3.63, 3.8) is 0 Å². The SMILES string of the molecule is Nc1cncc(C(=O)NCc2ccno2)n1. The number of aromatic nitrogens is 3. The summed E-state index contributed by atoms with van der Waals surface area (Å²) in [5, 5.41) is 6.11. The average Bonchev–Trinajstić information content (AvgIpc) is 2.78. The van der Waals surface area contributed by atoms with Crippen LogP contribution in [-0.2, 0) is 6.54 Å². The van der Waals surface area contributed by atoms with E-state index in [-0.39, 0.29) is 24.0 Å². The van der Waals surface area contributed by atoms with E-state index in [4.69, 9.17) is 10.3 Å². The molecule has 0 aliphatic carbocycles. The van der Waals surface area contributed by atoms with Gasteiger partial charge in [-0.3, -0.25) is 9.78 Å². The van der Waals surface area contributed by atoms with Gasteiger partial charge in [-0.05, 0) is 0 Å². The highest BCUT2D eigenvalue weighted by Gasteiger charge is 2.08. The van der Waals surface area contributed by atoms with Crippen molar-refractivity contribution in [2.24, 2.45) is 0 Å². The molecule has 0 bridgehead atoms. The zero-order valence-electron chi connectivity index (χ0n) is 8.25. The highest BCUT2D eigenvalue weighted by Crippen LogP contribution is 1.99. The second-order valence-electron chi connectivity index (χ2n) is 2.99. The number of nitrogen functional groups attached to an aromatic ring is 1. The molecule has 0 atom stereocenters. The van der Waals surface area contributed by atoms with Crippen LogP contribution in [0.25, 0.3) is 0 Å². The van der Waals surface area contributed by atoms with E-state index in [2.05, 4.69) is 20.4 Å². The summed E-state index contributed by atoms with van der Waals surface area (Å²) in [6.45, 7) is 0.245. The summed E-state index contributed by atoms with van der Waals surface area (Å²) >= 11 is 0. The normalized spacial score (nSPS) is 10.0. The van der Waals surface area contributed by atoms with E-state index in [0.29, 0.717) is 5.76 Å². The first-order chi connectivity index (χ1) is 7.75. The number of hydrogen-bond acceptors (Lipinski definition) is 6. The zero-order chi connectivity index (χ0) is 11.4. The number of carbonyl (C=O) groups excluding carboxylic acids is 1. The van der Waals surface area contributed by atoms with Crippen LogP contribution < -0.4 is 11.1 Å². The summed E-state index contributed by atoms with van der Waals surface area (Å²) < 4.78 is 4.82. The third kappa shape index (κ3) is 2.32. The lowest BCUT2D eigenvalue weighted by atomic mass is 10.4. The Morgan fingerprint density at radius 2 is 2.38 bits per heavy atom. The maximum Gasteiger partial charge on any atom is 0.271 e. The van der Waals surface area contributed by atoms with Crippen LogP contribution in [0.15, 0.2) is 29.2 Å². The van der Waals surface area contributed by atoms with Gasteiger partial charge in [-0.2, -0.15) is 0 Å². The lowest BCUT2D eigenvalue weighted by Crippen LogP contribution is -2.24. The average molecular weight is 219 g/mol. The molecule has 16 heavy (non-hydrogen) atoms. The largest absolute Gasteiger partial charge is 0.382 e. The Kier molecular flexibility index (Phi) is 2.77. The molecule has 2 aromatic heterocycles. The number of nitrogens with one attached hydrogen (secondary N) is 1. The zero-order valence-corrected chi connectivity index (χ0v) is 8.25. The maximum absolute atomic E-state index is 11.6. The molecule has 0 saturated heterocycles. The fourth-order valence-corrected chi connectivity index (χ4v) is 1.08. The van der Waals surface area contributed by atoms with Crippen LogP contribution in [-0.4, -0.2) is 21.0 Å². The number of nitrogens with two attached hydrogens (primary N) is 1. The predicted octanol–water partition coefficient (Wildman–Crippen LogP) is -0.0232. The van der Waals surface area contributed by atoms with Crippen LogP contribution in [0.3, 0.4) is 0 Å². The van der Waals surface area contributed by atoms with Crippen molar-refractivity contribution in [3.05, 3.63) is 36.1 Å². The van der Waals surface area contributed by atoms with Crippen molar-refractivity contribution in [1.82, 2.24) is 20.4 Å². The fraction of sp³-hybridized carbons (Fsp3) is 0.111. The lowest BCUT2D eigenvalue weighted by Gasteiger charge is -2.01. The smallest absolute Gasteiger partial charge is 0.271 e. The summed E-state index contributed by atoms with van der Waals surface area (Å²) in [5.74, 6) is 0.397. The molecule has 0 radical (unpaired) electrons. The van der Waals surface area contributed by atoms with Crippen molar-refractivity contribution in [3.8, 4) is 0 Å². The lowest BCUT2D eigenvalue weighted by molar-refractivity contribution is 0.0942. The van der Waals surface area contributed by atoms with Crippen molar-refractivity contribution >= 4 is 11.7 Å². The molecule has 0 fully saturated rings. The summed E-state index contributed by atoms with van der Waals surface area (Å²) in [5.41, 5.74) is 5.57. The molecule has 0 unspecified atom stereocenters. The molecule has 2 rings (SSSR count). The maximum atomic E-state index is 11.6. The number of nitrogens with zero attached hydrogens (tertiary/aromatic N) is 3. The fourth-order valence-electron chi connectivity index (χ4n) is 1.08. The third-order valence-electron chi connectivity index (χ3n) is 1.80. The Hall–Kier alpha value is -2.44. The quantitative estimate of drug-likeness (QED) is 0.751. The molecular formula is C9H9N5O2. The summed E-state index contributed by atoms with van der Waals surface area (Å²) in [7, 11) is 0. The van der Waals surface area contributed by atoms with Crippen LogP contribution in [0.4, 0.5) is 5.82 Å². The molecule has 2 aromatic rings.